The molecule has 0 spiro atoms. The van der Waals surface area contributed by atoms with Gasteiger partial charge in [-0.1, -0.05) is 0 Å². The SMILES string of the molecule is Cc1cnc(N2CCN(C)CC2C)nc1. The van der Waals surface area contributed by atoms with Gasteiger partial charge in [-0.15, -0.1) is 0 Å². The van der Waals surface area contributed by atoms with Gasteiger partial charge in [0.15, 0.2) is 0 Å². The van der Waals surface area contributed by atoms with Gasteiger partial charge in [0.2, 0.25) is 5.95 Å². The van der Waals surface area contributed by atoms with Crippen molar-refractivity contribution in [3.05, 3.63) is 18.0 Å². The molecule has 0 amide bonds. The summed E-state index contributed by atoms with van der Waals surface area (Å²) in [6.07, 6.45) is 3.76. The van der Waals surface area contributed by atoms with Gasteiger partial charge >= 0.3 is 0 Å². The van der Waals surface area contributed by atoms with Crippen LogP contribution in [-0.2, 0) is 0 Å². The molecule has 1 saturated heterocycles. The summed E-state index contributed by atoms with van der Waals surface area (Å²) >= 11 is 0. The van der Waals surface area contributed by atoms with E-state index in [-0.39, 0.29) is 0 Å². The summed E-state index contributed by atoms with van der Waals surface area (Å²) < 4.78 is 0. The van der Waals surface area contributed by atoms with Crippen LogP contribution >= 0.6 is 0 Å². The molecule has 1 unspecified atom stereocenters. The van der Waals surface area contributed by atoms with Gasteiger partial charge in [0.1, 0.15) is 0 Å². The summed E-state index contributed by atoms with van der Waals surface area (Å²) in [4.78, 5) is 13.4. The quantitative estimate of drug-likeness (QED) is 0.684. The zero-order valence-corrected chi connectivity index (χ0v) is 9.64. The Labute approximate surface area is 90.9 Å². The molecule has 2 rings (SSSR count). The molecule has 0 bridgehead atoms. The molecular formula is C11H18N4. The normalized spacial score (nSPS) is 23.1. The van der Waals surface area contributed by atoms with Gasteiger partial charge in [0.05, 0.1) is 0 Å². The van der Waals surface area contributed by atoms with Gasteiger partial charge in [-0.2, -0.15) is 0 Å². The maximum Gasteiger partial charge on any atom is 0.225 e. The Bertz CT molecular complexity index is 322. The van der Waals surface area contributed by atoms with Crippen molar-refractivity contribution in [1.29, 1.82) is 0 Å². The Balaban J connectivity index is 2.13. The Hall–Kier alpha value is -1.16. The first kappa shape index (κ1) is 10.4. The summed E-state index contributed by atoms with van der Waals surface area (Å²) in [6.45, 7) is 7.41. The minimum Gasteiger partial charge on any atom is -0.336 e. The predicted octanol–water partition coefficient (Wildman–Crippen LogP) is 0.925. The van der Waals surface area contributed by atoms with E-state index in [2.05, 4.69) is 33.7 Å². The van der Waals surface area contributed by atoms with E-state index >= 15 is 0 Å². The average Bonchev–Trinajstić information content (AvgIpc) is 2.20. The van der Waals surface area contributed by atoms with Crippen LogP contribution in [0.2, 0.25) is 0 Å². The van der Waals surface area contributed by atoms with Gasteiger partial charge in [-0.05, 0) is 26.5 Å². The zero-order chi connectivity index (χ0) is 10.8. The molecule has 0 saturated carbocycles. The fourth-order valence-electron chi connectivity index (χ4n) is 1.97. The zero-order valence-electron chi connectivity index (χ0n) is 9.64. The Morgan fingerprint density at radius 1 is 1.27 bits per heavy atom. The highest BCUT2D eigenvalue weighted by atomic mass is 15.3. The molecule has 1 fully saturated rings. The summed E-state index contributed by atoms with van der Waals surface area (Å²) in [6, 6.07) is 0.492. The van der Waals surface area contributed by atoms with E-state index in [9.17, 15) is 0 Å². The van der Waals surface area contributed by atoms with Gasteiger partial charge < -0.3 is 9.80 Å². The van der Waals surface area contributed by atoms with Crippen molar-refractivity contribution in [3.8, 4) is 0 Å². The maximum absolute atomic E-state index is 4.37. The van der Waals surface area contributed by atoms with E-state index < -0.39 is 0 Å². The first-order valence-corrected chi connectivity index (χ1v) is 5.40. The molecule has 1 atom stereocenters. The lowest BCUT2D eigenvalue weighted by Gasteiger charge is -2.38. The number of aromatic nitrogens is 2. The number of likely N-dealkylation sites (N-methyl/N-ethyl adjacent to an activating group) is 1. The van der Waals surface area contributed by atoms with Crippen molar-refractivity contribution < 1.29 is 0 Å². The number of anilines is 1. The molecule has 1 aliphatic rings. The number of rotatable bonds is 1. The lowest BCUT2D eigenvalue weighted by Crippen LogP contribution is -2.51. The number of hydrogen-bond donors (Lipinski definition) is 0. The van der Waals surface area contributed by atoms with Crippen LogP contribution in [-0.4, -0.2) is 47.6 Å². The third-order valence-electron chi connectivity index (χ3n) is 2.85. The van der Waals surface area contributed by atoms with Gasteiger partial charge in [0, 0.05) is 38.1 Å². The van der Waals surface area contributed by atoms with Crippen molar-refractivity contribution in [2.24, 2.45) is 0 Å². The highest BCUT2D eigenvalue weighted by Crippen LogP contribution is 2.14. The maximum atomic E-state index is 4.37. The van der Waals surface area contributed by atoms with Crippen LogP contribution in [0.3, 0.4) is 0 Å². The summed E-state index contributed by atoms with van der Waals surface area (Å²) in [5.74, 6) is 0.862. The van der Waals surface area contributed by atoms with Crippen LogP contribution in [0, 0.1) is 6.92 Å². The molecule has 4 nitrogen and oxygen atoms in total. The lowest BCUT2D eigenvalue weighted by molar-refractivity contribution is 0.273. The van der Waals surface area contributed by atoms with Crippen LogP contribution in [0.4, 0.5) is 5.95 Å². The highest BCUT2D eigenvalue weighted by molar-refractivity contribution is 5.32. The lowest BCUT2D eigenvalue weighted by atomic mass is 10.2. The molecule has 82 valence electrons. The second-order valence-electron chi connectivity index (χ2n) is 4.37. The summed E-state index contributed by atoms with van der Waals surface area (Å²) in [7, 11) is 2.16. The number of aryl methyl sites for hydroxylation is 1. The van der Waals surface area contributed by atoms with Gasteiger partial charge in [-0.3, -0.25) is 0 Å². The van der Waals surface area contributed by atoms with Crippen LogP contribution in [0.5, 0.6) is 0 Å². The first-order chi connectivity index (χ1) is 7.16. The van der Waals surface area contributed by atoms with Crippen molar-refractivity contribution in [2.45, 2.75) is 19.9 Å². The molecule has 4 heteroatoms. The molecule has 1 aromatic rings. The fraction of sp³-hybridized carbons (Fsp3) is 0.636. The van der Waals surface area contributed by atoms with Crippen molar-refractivity contribution >= 4 is 5.95 Å². The first-order valence-electron chi connectivity index (χ1n) is 5.40. The molecule has 2 heterocycles. The second-order valence-corrected chi connectivity index (χ2v) is 4.37. The molecule has 0 aromatic carbocycles. The van der Waals surface area contributed by atoms with E-state index in [1.165, 1.54) is 0 Å². The average molecular weight is 206 g/mol. The van der Waals surface area contributed by atoms with E-state index in [1.807, 2.05) is 19.3 Å². The van der Waals surface area contributed by atoms with E-state index in [0.29, 0.717) is 6.04 Å². The van der Waals surface area contributed by atoms with E-state index in [1.54, 1.807) is 0 Å². The second kappa shape index (κ2) is 4.14. The number of piperazine rings is 1. The Morgan fingerprint density at radius 3 is 2.53 bits per heavy atom. The Morgan fingerprint density at radius 2 is 1.93 bits per heavy atom. The third kappa shape index (κ3) is 2.26. The largest absolute Gasteiger partial charge is 0.336 e. The predicted molar refractivity (Wildman–Crippen MR) is 61.1 cm³/mol. The van der Waals surface area contributed by atoms with E-state index in [4.69, 9.17) is 0 Å². The van der Waals surface area contributed by atoms with Crippen molar-refractivity contribution in [2.75, 3.05) is 31.6 Å². The van der Waals surface area contributed by atoms with Crippen molar-refractivity contribution in [1.82, 2.24) is 14.9 Å². The Kier molecular flexibility index (Phi) is 2.86. The molecule has 15 heavy (non-hydrogen) atoms. The van der Waals surface area contributed by atoms with Crippen LogP contribution in [0.15, 0.2) is 12.4 Å². The van der Waals surface area contributed by atoms with Crippen LogP contribution in [0.25, 0.3) is 0 Å². The highest BCUT2D eigenvalue weighted by Gasteiger charge is 2.23. The summed E-state index contributed by atoms with van der Waals surface area (Å²) in [5.41, 5.74) is 1.11. The molecule has 0 aliphatic carbocycles. The third-order valence-corrected chi connectivity index (χ3v) is 2.85. The topological polar surface area (TPSA) is 32.3 Å². The molecule has 1 aromatic heterocycles. The van der Waals surface area contributed by atoms with Crippen LogP contribution < -0.4 is 4.90 Å². The number of hydrogen-bond acceptors (Lipinski definition) is 4. The number of nitrogens with zero attached hydrogens (tertiary/aromatic N) is 4. The minimum atomic E-state index is 0.492. The smallest absolute Gasteiger partial charge is 0.225 e. The van der Waals surface area contributed by atoms with E-state index in [0.717, 1.165) is 31.1 Å². The molecule has 0 radical (unpaired) electrons. The molecular weight excluding hydrogens is 188 g/mol. The van der Waals surface area contributed by atoms with Crippen molar-refractivity contribution in [3.63, 3.8) is 0 Å². The monoisotopic (exact) mass is 206 g/mol. The molecule has 1 aliphatic heterocycles. The molecule has 0 N–H and O–H groups in total. The minimum absolute atomic E-state index is 0.492. The standard InChI is InChI=1S/C11H18N4/c1-9-6-12-11(13-7-9)15-5-4-14(3)8-10(15)2/h6-7,10H,4-5,8H2,1-3H3. The fourth-order valence-corrected chi connectivity index (χ4v) is 1.97. The van der Waals surface area contributed by atoms with Gasteiger partial charge in [-0.25, -0.2) is 9.97 Å². The van der Waals surface area contributed by atoms with Gasteiger partial charge in [0.25, 0.3) is 0 Å². The van der Waals surface area contributed by atoms with Crippen LogP contribution in [0.1, 0.15) is 12.5 Å². The summed E-state index contributed by atoms with van der Waals surface area (Å²) in [5, 5.41) is 0.